The second kappa shape index (κ2) is 7.33. The van der Waals surface area contributed by atoms with Crippen molar-refractivity contribution >= 4 is 28.8 Å². The van der Waals surface area contributed by atoms with Gasteiger partial charge in [0.05, 0.1) is 22.5 Å². The Bertz CT molecular complexity index is 1420. The summed E-state index contributed by atoms with van der Waals surface area (Å²) in [4.78, 5) is 21.7. The highest BCUT2D eigenvalue weighted by atomic mass is 32.1. The third kappa shape index (κ3) is 3.23. The summed E-state index contributed by atoms with van der Waals surface area (Å²) in [7, 11) is 0. The Balaban J connectivity index is 1.62. The van der Waals surface area contributed by atoms with Crippen LogP contribution < -0.4 is 5.73 Å². The molecule has 0 saturated carbocycles. The summed E-state index contributed by atoms with van der Waals surface area (Å²) in [5, 5.41) is 13.7. The Kier molecular flexibility index (Phi) is 4.48. The average Bonchev–Trinajstić information content (AvgIpc) is 3.45. The largest absolute Gasteiger partial charge is 0.477 e. The number of thiophene rings is 1. The van der Waals surface area contributed by atoms with Crippen molar-refractivity contribution in [1.29, 1.82) is 0 Å². The van der Waals surface area contributed by atoms with E-state index in [-0.39, 0.29) is 4.88 Å². The van der Waals surface area contributed by atoms with Crippen LogP contribution in [-0.4, -0.2) is 30.7 Å². The Morgan fingerprint density at radius 2 is 1.84 bits per heavy atom. The summed E-state index contributed by atoms with van der Waals surface area (Å²) in [6.07, 6.45) is 3.52. The number of aromatic carboxylic acids is 1. The molecule has 31 heavy (non-hydrogen) atoms. The van der Waals surface area contributed by atoms with E-state index in [1.807, 2.05) is 49.4 Å². The first kappa shape index (κ1) is 19.0. The van der Waals surface area contributed by atoms with Crippen LogP contribution in [0.3, 0.4) is 0 Å². The first-order valence-electron chi connectivity index (χ1n) is 9.52. The van der Waals surface area contributed by atoms with Crippen LogP contribution in [-0.2, 0) is 0 Å². The van der Waals surface area contributed by atoms with Crippen molar-refractivity contribution in [2.75, 3.05) is 5.73 Å². The average molecular weight is 427 g/mol. The van der Waals surface area contributed by atoms with Crippen LogP contribution in [0.15, 0.2) is 67.0 Å². The number of nitrogens with two attached hydrogens (primary N) is 1. The van der Waals surface area contributed by atoms with Crippen LogP contribution in [0.2, 0.25) is 0 Å². The third-order valence-corrected chi connectivity index (χ3v) is 6.20. The first-order valence-corrected chi connectivity index (χ1v) is 10.3. The number of anilines is 1. The lowest BCUT2D eigenvalue weighted by Gasteiger charge is -2.09. The SMILES string of the molecule is Cc1c(-c2ccc(C(=O)O)s2)nc2c(-c3ccc(-c4ccccc4)nc3)cnn2c1N. The quantitative estimate of drug-likeness (QED) is 0.428. The molecular weight excluding hydrogens is 410 g/mol. The van der Waals surface area contributed by atoms with Crippen LogP contribution >= 0.6 is 11.3 Å². The minimum absolute atomic E-state index is 0.254. The molecule has 152 valence electrons. The molecule has 3 N–H and O–H groups in total. The molecule has 0 saturated heterocycles. The second-order valence-corrected chi connectivity index (χ2v) is 8.12. The zero-order valence-electron chi connectivity index (χ0n) is 16.5. The lowest BCUT2D eigenvalue weighted by molar-refractivity contribution is 0.0702. The van der Waals surface area contributed by atoms with Crippen LogP contribution in [0.4, 0.5) is 5.82 Å². The molecule has 1 aromatic carbocycles. The fourth-order valence-corrected chi connectivity index (χ4v) is 4.34. The second-order valence-electron chi connectivity index (χ2n) is 7.03. The first-order chi connectivity index (χ1) is 15.0. The number of aromatic nitrogens is 4. The van der Waals surface area contributed by atoms with Gasteiger partial charge in [-0.25, -0.2) is 9.78 Å². The molecule has 0 unspecified atom stereocenters. The van der Waals surface area contributed by atoms with Crippen molar-refractivity contribution in [1.82, 2.24) is 19.6 Å². The van der Waals surface area contributed by atoms with Gasteiger partial charge in [-0.15, -0.1) is 11.3 Å². The maximum absolute atomic E-state index is 11.3. The number of benzene rings is 1. The molecule has 0 aliphatic rings. The molecule has 4 heterocycles. The van der Waals surface area contributed by atoms with E-state index >= 15 is 0 Å². The van der Waals surface area contributed by atoms with Crippen LogP contribution in [0.5, 0.6) is 0 Å². The van der Waals surface area contributed by atoms with Gasteiger partial charge >= 0.3 is 5.97 Å². The third-order valence-electron chi connectivity index (χ3n) is 5.12. The summed E-state index contributed by atoms with van der Waals surface area (Å²) in [6.45, 7) is 1.86. The Labute approximate surface area is 181 Å². The van der Waals surface area contributed by atoms with E-state index in [2.05, 4.69) is 10.1 Å². The molecule has 7 nitrogen and oxygen atoms in total. The highest BCUT2D eigenvalue weighted by molar-refractivity contribution is 7.17. The maximum atomic E-state index is 11.3. The standard InChI is InChI=1S/C23H17N5O2S/c1-13-20(18-9-10-19(31-18)23(29)30)27-22-16(12-26-28(22)21(13)24)15-7-8-17(25-11-15)14-5-3-2-4-6-14/h2-12H,24H2,1H3,(H,29,30). The number of nitrogens with zero attached hydrogens (tertiary/aromatic N) is 4. The van der Waals surface area contributed by atoms with Gasteiger partial charge in [0, 0.05) is 28.5 Å². The molecule has 0 aliphatic carbocycles. The smallest absolute Gasteiger partial charge is 0.345 e. The van der Waals surface area contributed by atoms with Crippen molar-refractivity contribution in [3.8, 4) is 33.0 Å². The van der Waals surface area contributed by atoms with E-state index in [1.54, 1.807) is 29.0 Å². The molecule has 4 aromatic heterocycles. The number of pyridine rings is 1. The number of carbonyl (C=O) groups is 1. The van der Waals surface area contributed by atoms with Crippen molar-refractivity contribution in [3.05, 3.63) is 77.4 Å². The van der Waals surface area contributed by atoms with Gasteiger partial charge in [-0.05, 0) is 25.1 Å². The van der Waals surface area contributed by atoms with Crippen LogP contribution in [0.1, 0.15) is 15.2 Å². The number of fused-ring (bicyclic) bond motifs is 1. The van der Waals surface area contributed by atoms with Crippen molar-refractivity contribution in [2.45, 2.75) is 6.92 Å². The fraction of sp³-hybridized carbons (Fsp3) is 0.0435. The molecule has 0 atom stereocenters. The number of rotatable bonds is 4. The van der Waals surface area contributed by atoms with Gasteiger partial charge < -0.3 is 10.8 Å². The predicted octanol–water partition coefficient (Wildman–Crippen LogP) is 4.78. The molecule has 0 spiro atoms. The number of carboxylic acid groups (broad SMARTS) is 1. The van der Waals surface area contributed by atoms with E-state index in [1.165, 1.54) is 11.3 Å². The Morgan fingerprint density at radius 3 is 2.52 bits per heavy atom. The molecular formula is C23H17N5O2S. The molecule has 0 fully saturated rings. The number of hydrogen-bond donors (Lipinski definition) is 2. The van der Waals surface area contributed by atoms with Gasteiger partial charge in [-0.1, -0.05) is 36.4 Å². The number of hydrogen-bond acceptors (Lipinski definition) is 6. The molecule has 8 heteroatoms. The summed E-state index contributed by atoms with van der Waals surface area (Å²) in [5.41, 5.74) is 11.9. The zero-order chi connectivity index (χ0) is 21.5. The number of carboxylic acids is 1. The molecule has 0 bridgehead atoms. The van der Waals surface area contributed by atoms with Crippen molar-refractivity contribution in [2.24, 2.45) is 0 Å². The van der Waals surface area contributed by atoms with Crippen molar-refractivity contribution < 1.29 is 9.90 Å². The van der Waals surface area contributed by atoms with E-state index in [9.17, 15) is 9.90 Å². The molecule has 0 radical (unpaired) electrons. The zero-order valence-corrected chi connectivity index (χ0v) is 17.3. The van der Waals surface area contributed by atoms with E-state index in [0.29, 0.717) is 17.2 Å². The van der Waals surface area contributed by atoms with Gasteiger partial charge in [-0.3, -0.25) is 4.98 Å². The van der Waals surface area contributed by atoms with Gasteiger partial charge in [0.2, 0.25) is 0 Å². The lowest BCUT2D eigenvalue weighted by atomic mass is 10.1. The Morgan fingerprint density at radius 1 is 1.03 bits per heavy atom. The van der Waals surface area contributed by atoms with Gasteiger partial charge in [0.15, 0.2) is 5.65 Å². The highest BCUT2D eigenvalue weighted by Crippen LogP contribution is 2.34. The van der Waals surface area contributed by atoms with Gasteiger partial charge in [0.1, 0.15) is 10.7 Å². The number of nitrogen functional groups attached to an aromatic ring is 1. The predicted molar refractivity (Wildman–Crippen MR) is 121 cm³/mol. The highest BCUT2D eigenvalue weighted by Gasteiger charge is 2.18. The monoisotopic (exact) mass is 427 g/mol. The van der Waals surface area contributed by atoms with E-state index < -0.39 is 5.97 Å². The normalized spacial score (nSPS) is 11.1. The molecule has 0 aliphatic heterocycles. The van der Waals surface area contributed by atoms with Gasteiger partial charge in [-0.2, -0.15) is 9.61 Å². The summed E-state index contributed by atoms with van der Waals surface area (Å²) < 4.78 is 1.60. The molecule has 5 aromatic rings. The minimum atomic E-state index is -0.961. The molecule has 0 amide bonds. The van der Waals surface area contributed by atoms with Gasteiger partial charge in [0.25, 0.3) is 0 Å². The van der Waals surface area contributed by atoms with Crippen molar-refractivity contribution in [3.63, 3.8) is 0 Å². The summed E-state index contributed by atoms with van der Waals surface area (Å²) in [6, 6.07) is 17.2. The van der Waals surface area contributed by atoms with E-state index in [0.717, 1.165) is 32.8 Å². The minimum Gasteiger partial charge on any atom is -0.477 e. The van der Waals surface area contributed by atoms with E-state index in [4.69, 9.17) is 10.7 Å². The maximum Gasteiger partial charge on any atom is 0.345 e. The lowest BCUT2D eigenvalue weighted by Crippen LogP contribution is -2.05. The topological polar surface area (TPSA) is 106 Å². The Hall–Kier alpha value is -4.04. The van der Waals surface area contributed by atoms with Crippen LogP contribution in [0, 0.1) is 6.92 Å². The summed E-state index contributed by atoms with van der Waals surface area (Å²) in [5.74, 6) is -0.497. The fourth-order valence-electron chi connectivity index (χ4n) is 3.45. The molecule has 5 rings (SSSR count). The van der Waals surface area contributed by atoms with Crippen LogP contribution in [0.25, 0.3) is 38.6 Å². The summed E-state index contributed by atoms with van der Waals surface area (Å²) >= 11 is 1.17.